The zero-order valence-electron chi connectivity index (χ0n) is 14.5. The first-order valence-electron chi connectivity index (χ1n) is 8.58. The minimum absolute atomic E-state index is 0.00839. The number of nitrogens with zero attached hydrogens (tertiary/aromatic N) is 2. The second-order valence-corrected chi connectivity index (χ2v) is 6.93. The number of rotatable bonds is 4. The third kappa shape index (κ3) is 3.28. The highest BCUT2D eigenvalue weighted by atomic mass is 35.5. The van der Waals surface area contributed by atoms with Gasteiger partial charge in [-0.2, -0.15) is 0 Å². The predicted octanol–water partition coefficient (Wildman–Crippen LogP) is 3.39. The van der Waals surface area contributed by atoms with E-state index in [1.807, 2.05) is 48.5 Å². The predicted molar refractivity (Wildman–Crippen MR) is 102 cm³/mol. The van der Waals surface area contributed by atoms with Crippen LogP contribution in [-0.2, 0) is 19.5 Å². The lowest BCUT2D eigenvalue weighted by molar-refractivity contribution is 0.244. The third-order valence-electron chi connectivity index (χ3n) is 4.76. The van der Waals surface area contributed by atoms with Crippen LogP contribution in [0.4, 0.5) is 0 Å². The van der Waals surface area contributed by atoms with Crippen molar-refractivity contribution in [3.8, 4) is 11.4 Å². The first-order valence-corrected chi connectivity index (χ1v) is 8.96. The maximum absolute atomic E-state index is 12.9. The van der Waals surface area contributed by atoms with Crippen LogP contribution in [0.2, 0.25) is 5.02 Å². The molecule has 1 aromatic heterocycles. The van der Waals surface area contributed by atoms with E-state index in [9.17, 15) is 4.79 Å². The number of nitrogens with one attached hydrogen (secondary N) is 1. The lowest BCUT2D eigenvalue weighted by Crippen LogP contribution is -2.32. The van der Waals surface area contributed by atoms with Crippen molar-refractivity contribution in [2.45, 2.75) is 19.5 Å². The molecule has 0 amide bonds. The number of hydrogen-bond donors (Lipinski definition) is 1. The Labute approximate surface area is 156 Å². The van der Waals surface area contributed by atoms with Crippen LogP contribution in [0.1, 0.15) is 16.8 Å². The van der Waals surface area contributed by atoms with Gasteiger partial charge in [0.05, 0.1) is 18.4 Å². The number of benzene rings is 2. The highest BCUT2D eigenvalue weighted by Gasteiger charge is 2.23. The summed E-state index contributed by atoms with van der Waals surface area (Å²) in [6.45, 7) is 2.36. The van der Waals surface area contributed by atoms with Crippen LogP contribution >= 0.6 is 11.6 Å². The average Bonchev–Trinajstić information content (AvgIpc) is 3.00. The molecule has 0 atom stereocenters. The topological polar surface area (TPSA) is 50.3 Å². The number of halogens is 1. The van der Waals surface area contributed by atoms with Gasteiger partial charge in [-0.15, -0.1) is 0 Å². The molecule has 6 heteroatoms. The summed E-state index contributed by atoms with van der Waals surface area (Å²) in [5, 5.41) is 4.00. The molecular weight excluding hydrogens is 350 g/mol. The normalized spacial score (nSPS) is 14.2. The molecule has 0 radical (unpaired) electrons. The largest absolute Gasteiger partial charge is 0.497 e. The zero-order chi connectivity index (χ0) is 18.1. The standard InChI is InChI=1S/C20H20ClN3O2/c1-26-17-4-2-3-16(11-17)24-20(25)18-13-23(10-9-19(18)22-24)12-14-5-7-15(21)8-6-14/h2-8,11,22H,9-10,12-13H2,1H3. The molecule has 0 unspecified atom stereocenters. The van der Waals surface area contributed by atoms with Gasteiger partial charge in [0.1, 0.15) is 5.75 Å². The van der Waals surface area contributed by atoms with Crippen molar-refractivity contribution in [2.24, 2.45) is 0 Å². The highest BCUT2D eigenvalue weighted by molar-refractivity contribution is 6.30. The lowest BCUT2D eigenvalue weighted by Gasteiger charge is -2.25. The molecule has 0 bridgehead atoms. The van der Waals surface area contributed by atoms with Crippen molar-refractivity contribution < 1.29 is 4.74 Å². The van der Waals surface area contributed by atoms with E-state index in [1.54, 1.807) is 11.8 Å². The Balaban J connectivity index is 1.58. The Kier molecular flexibility index (Phi) is 4.57. The van der Waals surface area contributed by atoms with Gasteiger partial charge >= 0.3 is 0 Å². The Morgan fingerprint density at radius 2 is 2.00 bits per heavy atom. The average molecular weight is 370 g/mol. The van der Waals surface area contributed by atoms with Crippen LogP contribution < -0.4 is 10.3 Å². The number of ether oxygens (including phenoxy) is 1. The van der Waals surface area contributed by atoms with Gasteiger partial charge in [0.15, 0.2) is 0 Å². The van der Waals surface area contributed by atoms with Crippen molar-refractivity contribution in [2.75, 3.05) is 13.7 Å². The van der Waals surface area contributed by atoms with Gasteiger partial charge in [-0.1, -0.05) is 29.8 Å². The molecule has 0 aliphatic carbocycles. The first-order chi connectivity index (χ1) is 12.6. The van der Waals surface area contributed by atoms with Crippen molar-refractivity contribution in [1.29, 1.82) is 0 Å². The van der Waals surface area contributed by atoms with Crippen molar-refractivity contribution in [3.05, 3.63) is 80.7 Å². The van der Waals surface area contributed by atoms with E-state index in [2.05, 4.69) is 10.00 Å². The molecule has 2 aromatic carbocycles. The summed E-state index contributed by atoms with van der Waals surface area (Å²) in [5.74, 6) is 0.728. The van der Waals surface area contributed by atoms with Crippen LogP contribution in [-0.4, -0.2) is 28.3 Å². The second kappa shape index (κ2) is 7.02. The monoisotopic (exact) mass is 369 g/mol. The molecule has 1 aliphatic heterocycles. The van der Waals surface area contributed by atoms with Gasteiger partial charge < -0.3 is 4.74 Å². The Hall–Kier alpha value is -2.50. The summed E-state index contributed by atoms with van der Waals surface area (Å²) < 4.78 is 6.87. The fraction of sp³-hybridized carbons (Fsp3) is 0.250. The Morgan fingerprint density at radius 3 is 2.77 bits per heavy atom. The van der Waals surface area contributed by atoms with Crippen LogP contribution in [0, 0.1) is 0 Å². The van der Waals surface area contributed by atoms with Gasteiger partial charge in [-0.3, -0.25) is 14.8 Å². The van der Waals surface area contributed by atoms with Crippen LogP contribution in [0.15, 0.2) is 53.3 Å². The smallest absolute Gasteiger partial charge is 0.275 e. The third-order valence-corrected chi connectivity index (χ3v) is 5.01. The number of hydrogen-bond acceptors (Lipinski definition) is 3. The molecule has 26 heavy (non-hydrogen) atoms. The quantitative estimate of drug-likeness (QED) is 0.767. The molecule has 1 aliphatic rings. The summed E-state index contributed by atoms with van der Waals surface area (Å²) in [6.07, 6.45) is 0.829. The molecule has 5 nitrogen and oxygen atoms in total. The number of H-pyrrole nitrogens is 1. The van der Waals surface area contributed by atoms with Gasteiger partial charge in [-0.05, 0) is 29.8 Å². The summed E-state index contributed by atoms with van der Waals surface area (Å²) in [5.41, 5.74) is 3.85. The molecular formula is C20H20ClN3O2. The van der Waals surface area contributed by atoms with Crippen LogP contribution in [0.5, 0.6) is 5.75 Å². The van der Waals surface area contributed by atoms with Gasteiger partial charge in [0.25, 0.3) is 5.56 Å². The summed E-state index contributed by atoms with van der Waals surface area (Å²) in [4.78, 5) is 15.2. The molecule has 2 heterocycles. The zero-order valence-corrected chi connectivity index (χ0v) is 15.3. The summed E-state index contributed by atoms with van der Waals surface area (Å²) in [7, 11) is 1.62. The minimum Gasteiger partial charge on any atom is -0.497 e. The van der Waals surface area contributed by atoms with E-state index in [1.165, 1.54) is 5.56 Å². The SMILES string of the molecule is COc1cccc(-n2[nH]c3c(c2=O)CN(Cc2ccc(Cl)cc2)CC3)c1. The van der Waals surface area contributed by atoms with Crippen LogP contribution in [0.3, 0.4) is 0 Å². The minimum atomic E-state index is 0.00839. The maximum atomic E-state index is 12.9. The van der Waals surface area contributed by atoms with E-state index in [-0.39, 0.29) is 5.56 Å². The van der Waals surface area contributed by atoms with E-state index < -0.39 is 0 Å². The molecule has 0 spiro atoms. The number of aromatic nitrogens is 2. The molecule has 134 valence electrons. The summed E-state index contributed by atoms with van der Waals surface area (Å²) >= 11 is 5.95. The maximum Gasteiger partial charge on any atom is 0.275 e. The van der Waals surface area contributed by atoms with Crippen LogP contribution in [0.25, 0.3) is 5.69 Å². The Morgan fingerprint density at radius 1 is 1.19 bits per heavy atom. The van der Waals surface area contributed by atoms with Crippen molar-refractivity contribution in [3.63, 3.8) is 0 Å². The number of aromatic amines is 1. The molecule has 0 saturated carbocycles. The highest BCUT2D eigenvalue weighted by Crippen LogP contribution is 2.20. The molecule has 3 aromatic rings. The van der Waals surface area contributed by atoms with Gasteiger partial charge in [-0.25, -0.2) is 4.68 Å². The fourth-order valence-corrected chi connectivity index (χ4v) is 3.50. The fourth-order valence-electron chi connectivity index (χ4n) is 3.37. The lowest BCUT2D eigenvalue weighted by atomic mass is 10.1. The van der Waals surface area contributed by atoms with Gasteiger partial charge in [0.2, 0.25) is 0 Å². The molecule has 0 fully saturated rings. The Bertz CT molecular complexity index is 975. The van der Waals surface area contributed by atoms with Crippen molar-refractivity contribution in [1.82, 2.24) is 14.7 Å². The molecule has 4 rings (SSSR count). The molecule has 1 N–H and O–H groups in total. The van der Waals surface area contributed by atoms with Crippen molar-refractivity contribution >= 4 is 11.6 Å². The first kappa shape index (κ1) is 16.9. The number of fused-ring (bicyclic) bond motifs is 1. The van der Waals surface area contributed by atoms with E-state index in [0.717, 1.165) is 47.2 Å². The molecule has 0 saturated heterocycles. The summed E-state index contributed by atoms with van der Waals surface area (Å²) in [6, 6.07) is 15.4. The van der Waals surface area contributed by atoms with E-state index >= 15 is 0 Å². The van der Waals surface area contributed by atoms with Gasteiger partial charge in [0, 0.05) is 42.8 Å². The van der Waals surface area contributed by atoms with E-state index in [0.29, 0.717) is 6.54 Å². The second-order valence-electron chi connectivity index (χ2n) is 6.50. The number of methoxy groups -OCH3 is 1. The van der Waals surface area contributed by atoms with E-state index in [4.69, 9.17) is 16.3 Å².